The Morgan fingerprint density at radius 1 is 1.24 bits per heavy atom. The first-order valence-electron chi connectivity index (χ1n) is 6.52. The van der Waals surface area contributed by atoms with Gasteiger partial charge in [-0.25, -0.2) is 0 Å². The highest BCUT2D eigenvalue weighted by atomic mass is 127. The molecule has 0 spiro atoms. The molecule has 0 atom stereocenters. The van der Waals surface area contributed by atoms with E-state index in [2.05, 4.69) is 27.6 Å². The second-order valence-electron chi connectivity index (χ2n) is 4.82. The number of rotatable bonds is 5. The number of benzene rings is 1. The third kappa shape index (κ3) is 3.34. The monoisotopic (exact) mass is 397 g/mol. The van der Waals surface area contributed by atoms with E-state index in [-0.39, 0.29) is 18.2 Å². The summed E-state index contributed by atoms with van der Waals surface area (Å²) in [5.41, 5.74) is 2.45. The van der Waals surface area contributed by atoms with Crippen LogP contribution in [0.3, 0.4) is 0 Å². The van der Waals surface area contributed by atoms with Gasteiger partial charge in [0.1, 0.15) is 5.75 Å². The summed E-state index contributed by atoms with van der Waals surface area (Å²) in [5.74, 6) is 0.473. The van der Waals surface area contributed by atoms with Crippen molar-refractivity contribution in [3.8, 4) is 5.75 Å². The minimum absolute atomic E-state index is 0.0428. The number of carbonyl (C=O) groups is 2. The van der Waals surface area contributed by atoms with E-state index in [1.54, 1.807) is 13.8 Å². The lowest BCUT2D eigenvalue weighted by atomic mass is 10.1. The van der Waals surface area contributed by atoms with Gasteiger partial charge in [0.2, 0.25) is 5.78 Å². The van der Waals surface area contributed by atoms with Crippen molar-refractivity contribution in [1.29, 1.82) is 0 Å². The van der Waals surface area contributed by atoms with E-state index >= 15 is 0 Å². The van der Waals surface area contributed by atoms with Crippen LogP contribution < -0.4 is 4.74 Å². The molecule has 110 valence electrons. The van der Waals surface area contributed by atoms with E-state index in [9.17, 15) is 9.59 Å². The van der Waals surface area contributed by atoms with Gasteiger partial charge in [-0.2, -0.15) is 0 Å². The van der Waals surface area contributed by atoms with Gasteiger partial charge in [-0.3, -0.25) is 9.59 Å². The second-order valence-corrected chi connectivity index (χ2v) is 5.99. The van der Waals surface area contributed by atoms with Crippen LogP contribution in [-0.2, 0) is 0 Å². The molecule has 0 aliphatic carbocycles. The van der Waals surface area contributed by atoms with E-state index in [1.807, 2.05) is 24.3 Å². The fourth-order valence-corrected chi connectivity index (χ4v) is 2.88. The summed E-state index contributed by atoms with van der Waals surface area (Å²) in [4.78, 5) is 26.8. The Labute approximate surface area is 137 Å². The molecular formula is C16H16INO3. The van der Waals surface area contributed by atoms with Gasteiger partial charge in [0.25, 0.3) is 0 Å². The number of halogens is 1. The van der Waals surface area contributed by atoms with E-state index in [1.165, 1.54) is 6.92 Å². The van der Waals surface area contributed by atoms with Crippen LogP contribution in [-0.4, -0.2) is 23.2 Å². The Balaban J connectivity index is 2.17. The fourth-order valence-electron chi connectivity index (χ4n) is 2.33. The van der Waals surface area contributed by atoms with E-state index in [0.717, 1.165) is 9.26 Å². The van der Waals surface area contributed by atoms with Gasteiger partial charge in [0.15, 0.2) is 12.4 Å². The zero-order chi connectivity index (χ0) is 15.6. The van der Waals surface area contributed by atoms with Crippen LogP contribution in [0.15, 0.2) is 24.3 Å². The highest BCUT2D eigenvalue weighted by Crippen LogP contribution is 2.21. The van der Waals surface area contributed by atoms with Crippen molar-refractivity contribution < 1.29 is 14.3 Å². The smallest absolute Gasteiger partial charge is 0.216 e. The number of H-pyrrole nitrogens is 1. The summed E-state index contributed by atoms with van der Waals surface area (Å²) >= 11 is 2.16. The Morgan fingerprint density at radius 3 is 2.48 bits per heavy atom. The Bertz CT molecular complexity index is 704. The van der Waals surface area contributed by atoms with Crippen LogP contribution in [0.4, 0.5) is 0 Å². The molecular weight excluding hydrogens is 381 g/mol. The lowest BCUT2D eigenvalue weighted by molar-refractivity contribution is 0.0915. The van der Waals surface area contributed by atoms with Crippen molar-refractivity contribution in [2.75, 3.05) is 6.61 Å². The molecule has 1 aromatic carbocycles. The normalized spacial score (nSPS) is 10.5. The Hall–Kier alpha value is -1.63. The number of nitrogens with one attached hydrogen (secondary N) is 1. The average molecular weight is 397 g/mol. The summed E-state index contributed by atoms with van der Waals surface area (Å²) in [6, 6.07) is 7.51. The Kier molecular flexibility index (Phi) is 4.82. The highest BCUT2D eigenvalue weighted by Gasteiger charge is 2.20. The predicted octanol–water partition coefficient (Wildman–Crippen LogP) is 3.70. The Morgan fingerprint density at radius 2 is 1.90 bits per heavy atom. The summed E-state index contributed by atoms with van der Waals surface area (Å²) in [6.45, 7) is 5.01. The van der Waals surface area contributed by atoms with Crippen molar-refractivity contribution in [2.45, 2.75) is 20.8 Å². The second kappa shape index (κ2) is 6.43. The molecule has 0 saturated heterocycles. The first-order chi connectivity index (χ1) is 9.91. The summed E-state index contributed by atoms with van der Waals surface area (Å²) in [5, 5.41) is 0. The lowest BCUT2D eigenvalue weighted by Gasteiger charge is -2.07. The number of carbonyl (C=O) groups excluding carboxylic acids is 2. The first-order valence-corrected chi connectivity index (χ1v) is 7.60. The standard InChI is InChI=1S/C16H16INO3/c1-9-15(11(3)19)10(2)18-16(9)13(20)8-21-14-7-5-4-6-12(14)17/h4-7,18H,8H2,1-3H3. The molecule has 21 heavy (non-hydrogen) atoms. The van der Waals surface area contributed by atoms with Crippen LogP contribution in [0.5, 0.6) is 5.75 Å². The first kappa shape index (κ1) is 15.8. The number of aromatic nitrogens is 1. The lowest BCUT2D eigenvalue weighted by Crippen LogP contribution is -2.13. The number of aromatic amines is 1. The van der Waals surface area contributed by atoms with Gasteiger partial charge in [-0.1, -0.05) is 12.1 Å². The zero-order valence-electron chi connectivity index (χ0n) is 12.1. The molecule has 0 aliphatic heterocycles. The van der Waals surface area contributed by atoms with E-state index in [4.69, 9.17) is 4.74 Å². The van der Waals surface area contributed by atoms with Gasteiger partial charge >= 0.3 is 0 Å². The molecule has 5 heteroatoms. The van der Waals surface area contributed by atoms with Crippen LogP contribution in [0.25, 0.3) is 0 Å². The van der Waals surface area contributed by atoms with Crippen molar-refractivity contribution in [2.24, 2.45) is 0 Å². The summed E-state index contributed by atoms with van der Waals surface area (Å²) in [6.07, 6.45) is 0. The molecule has 1 heterocycles. The molecule has 0 amide bonds. The number of hydrogen-bond acceptors (Lipinski definition) is 3. The number of Topliss-reactive ketones (excluding diaryl/α,β-unsaturated/α-hetero) is 2. The molecule has 0 bridgehead atoms. The van der Waals surface area contributed by atoms with Crippen LogP contribution in [0.2, 0.25) is 0 Å². The maximum absolute atomic E-state index is 12.3. The fraction of sp³-hybridized carbons (Fsp3) is 0.250. The molecule has 1 aromatic heterocycles. The number of hydrogen-bond donors (Lipinski definition) is 1. The van der Waals surface area contributed by atoms with Gasteiger partial charge in [-0.05, 0) is 61.1 Å². The molecule has 2 rings (SSSR count). The number of para-hydroxylation sites is 1. The van der Waals surface area contributed by atoms with Crippen LogP contribution >= 0.6 is 22.6 Å². The van der Waals surface area contributed by atoms with Gasteiger partial charge in [-0.15, -0.1) is 0 Å². The van der Waals surface area contributed by atoms with Crippen LogP contribution in [0.1, 0.15) is 39.0 Å². The number of aryl methyl sites for hydroxylation is 1. The quantitative estimate of drug-likeness (QED) is 0.619. The maximum Gasteiger partial charge on any atom is 0.216 e. The largest absolute Gasteiger partial charge is 0.484 e. The third-order valence-corrected chi connectivity index (χ3v) is 4.16. The molecule has 0 fully saturated rings. The van der Waals surface area contributed by atoms with Gasteiger partial charge in [0.05, 0.1) is 9.26 Å². The zero-order valence-corrected chi connectivity index (χ0v) is 14.3. The molecule has 2 aromatic rings. The molecule has 0 saturated carbocycles. The molecule has 1 N–H and O–H groups in total. The third-order valence-electron chi connectivity index (χ3n) is 3.26. The molecule has 0 aliphatic rings. The maximum atomic E-state index is 12.3. The number of ether oxygens (including phenoxy) is 1. The predicted molar refractivity (Wildman–Crippen MR) is 89.3 cm³/mol. The SMILES string of the molecule is CC(=O)c1c(C)[nH]c(C(=O)COc2ccccc2I)c1C. The average Bonchev–Trinajstić information content (AvgIpc) is 2.73. The molecule has 0 unspecified atom stereocenters. The van der Waals surface area contributed by atoms with Crippen molar-refractivity contribution in [1.82, 2.24) is 4.98 Å². The van der Waals surface area contributed by atoms with Crippen molar-refractivity contribution >= 4 is 34.2 Å². The minimum Gasteiger partial charge on any atom is -0.484 e. The number of ketones is 2. The van der Waals surface area contributed by atoms with Crippen molar-refractivity contribution in [3.63, 3.8) is 0 Å². The van der Waals surface area contributed by atoms with E-state index < -0.39 is 0 Å². The topological polar surface area (TPSA) is 59.2 Å². The van der Waals surface area contributed by atoms with Gasteiger partial charge in [0, 0.05) is 11.3 Å². The van der Waals surface area contributed by atoms with Crippen molar-refractivity contribution in [3.05, 3.63) is 50.4 Å². The molecule has 4 nitrogen and oxygen atoms in total. The summed E-state index contributed by atoms with van der Waals surface area (Å²) < 4.78 is 6.51. The molecule has 0 radical (unpaired) electrons. The highest BCUT2D eigenvalue weighted by molar-refractivity contribution is 14.1. The summed E-state index contributed by atoms with van der Waals surface area (Å²) in [7, 11) is 0. The van der Waals surface area contributed by atoms with Crippen LogP contribution in [0, 0.1) is 17.4 Å². The minimum atomic E-state index is -0.164. The van der Waals surface area contributed by atoms with E-state index in [0.29, 0.717) is 22.6 Å². The van der Waals surface area contributed by atoms with Gasteiger partial charge < -0.3 is 9.72 Å².